The number of halogens is 1. The Morgan fingerprint density at radius 3 is 2.44 bits per heavy atom. The van der Waals surface area contributed by atoms with Crippen LogP contribution in [0.5, 0.6) is 0 Å². The lowest BCUT2D eigenvalue weighted by Crippen LogP contribution is -2.56. The van der Waals surface area contributed by atoms with Crippen LogP contribution in [-0.2, 0) is 5.41 Å². The minimum Gasteiger partial charge on any atom is -0.314 e. The van der Waals surface area contributed by atoms with Gasteiger partial charge in [0.05, 0.1) is 0 Å². The van der Waals surface area contributed by atoms with Gasteiger partial charge in [0, 0.05) is 36.1 Å². The zero-order valence-corrected chi connectivity index (χ0v) is 10.1. The van der Waals surface area contributed by atoms with Crippen LogP contribution in [0.1, 0.15) is 18.4 Å². The van der Waals surface area contributed by atoms with Crippen molar-refractivity contribution in [3.8, 4) is 0 Å². The molecule has 0 aromatic heterocycles. The molecule has 0 amide bonds. The predicted molar refractivity (Wildman–Crippen MR) is 67.0 cm³/mol. The van der Waals surface area contributed by atoms with Gasteiger partial charge in [-0.3, -0.25) is 0 Å². The summed E-state index contributed by atoms with van der Waals surface area (Å²) in [6, 6.07) is 9.04. The Labute approximate surface area is 101 Å². The lowest BCUT2D eigenvalue weighted by molar-refractivity contribution is 0.354. The molecular weight excluding hydrogens is 220 g/mol. The highest BCUT2D eigenvalue weighted by atomic mass is 35.5. The molecule has 1 heterocycles. The zero-order chi connectivity index (χ0) is 11.0. The molecule has 0 unspecified atom stereocenters. The Morgan fingerprint density at radius 2 is 1.94 bits per heavy atom. The van der Waals surface area contributed by atoms with E-state index in [1.54, 1.807) is 0 Å². The van der Waals surface area contributed by atoms with Crippen molar-refractivity contribution in [3.63, 3.8) is 0 Å². The van der Waals surface area contributed by atoms with Gasteiger partial charge in [-0.15, -0.1) is 0 Å². The topological polar surface area (TPSA) is 24.1 Å². The van der Waals surface area contributed by atoms with E-state index in [1.165, 1.54) is 18.4 Å². The lowest BCUT2D eigenvalue weighted by Gasteiger charge is -2.30. The van der Waals surface area contributed by atoms with Gasteiger partial charge in [-0.25, -0.2) is 0 Å². The van der Waals surface area contributed by atoms with Crippen molar-refractivity contribution in [1.82, 2.24) is 10.6 Å². The predicted octanol–water partition coefficient (Wildman–Crippen LogP) is 1.93. The largest absolute Gasteiger partial charge is 0.314 e. The van der Waals surface area contributed by atoms with Gasteiger partial charge in [0.1, 0.15) is 0 Å². The van der Waals surface area contributed by atoms with Crippen LogP contribution < -0.4 is 10.6 Å². The summed E-state index contributed by atoms with van der Waals surface area (Å²) in [5.41, 5.74) is 1.84. The lowest BCUT2D eigenvalue weighted by atomic mass is 9.95. The first-order valence-electron chi connectivity index (χ1n) is 5.99. The van der Waals surface area contributed by atoms with Crippen molar-refractivity contribution in [2.45, 2.75) is 24.3 Å². The quantitative estimate of drug-likeness (QED) is 0.835. The van der Waals surface area contributed by atoms with E-state index in [-0.39, 0.29) is 0 Å². The molecule has 1 saturated carbocycles. The molecule has 1 aromatic carbocycles. The Morgan fingerprint density at radius 1 is 1.25 bits per heavy atom. The molecule has 2 N–H and O–H groups in total. The van der Waals surface area contributed by atoms with Crippen LogP contribution in [-0.4, -0.2) is 25.7 Å². The van der Waals surface area contributed by atoms with E-state index in [1.807, 2.05) is 12.1 Å². The third-order valence-corrected chi connectivity index (χ3v) is 4.07. The first-order valence-corrected chi connectivity index (χ1v) is 6.36. The van der Waals surface area contributed by atoms with E-state index in [0.29, 0.717) is 11.5 Å². The van der Waals surface area contributed by atoms with Gasteiger partial charge in [-0.2, -0.15) is 0 Å². The van der Waals surface area contributed by atoms with Crippen LogP contribution in [0.25, 0.3) is 0 Å². The number of rotatable bonds is 4. The van der Waals surface area contributed by atoms with Gasteiger partial charge in [-0.1, -0.05) is 23.7 Å². The van der Waals surface area contributed by atoms with E-state index in [2.05, 4.69) is 22.8 Å². The fourth-order valence-electron chi connectivity index (χ4n) is 2.29. The van der Waals surface area contributed by atoms with Gasteiger partial charge in [0.2, 0.25) is 0 Å². The molecule has 16 heavy (non-hydrogen) atoms. The Bertz CT molecular complexity index is 366. The Kier molecular flexibility index (Phi) is 2.66. The first-order chi connectivity index (χ1) is 7.78. The van der Waals surface area contributed by atoms with Gasteiger partial charge in [-0.05, 0) is 30.5 Å². The summed E-state index contributed by atoms with van der Waals surface area (Å²) in [6.07, 6.45) is 2.61. The SMILES string of the molecule is Clc1ccc(C2(CNC3CNC3)CC2)cc1. The van der Waals surface area contributed by atoms with E-state index < -0.39 is 0 Å². The molecule has 2 fully saturated rings. The second-order valence-corrected chi connectivity index (χ2v) is 5.46. The summed E-state index contributed by atoms with van der Waals surface area (Å²) in [5, 5.41) is 7.75. The van der Waals surface area contributed by atoms with Gasteiger partial charge in [0.25, 0.3) is 0 Å². The minimum atomic E-state index is 0.403. The first kappa shape index (κ1) is 10.6. The molecule has 3 rings (SSSR count). The van der Waals surface area contributed by atoms with Crippen LogP contribution in [0, 0.1) is 0 Å². The molecular formula is C13H17ClN2. The highest BCUT2D eigenvalue weighted by molar-refractivity contribution is 6.30. The van der Waals surface area contributed by atoms with Crippen molar-refractivity contribution in [2.75, 3.05) is 19.6 Å². The summed E-state index contributed by atoms with van der Waals surface area (Å²) < 4.78 is 0. The summed E-state index contributed by atoms with van der Waals surface area (Å²) in [5.74, 6) is 0. The molecule has 3 heteroatoms. The van der Waals surface area contributed by atoms with Crippen molar-refractivity contribution in [2.24, 2.45) is 0 Å². The molecule has 0 atom stereocenters. The van der Waals surface area contributed by atoms with Gasteiger partial charge >= 0.3 is 0 Å². The van der Waals surface area contributed by atoms with Crippen LogP contribution in [0.15, 0.2) is 24.3 Å². The third kappa shape index (κ3) is 1.97. The molecule has 0 bridgehead atoms. The monoisotopic (exact) mass is 236 g/mol. The smallest absolute Gasteiger partial charge is 0.0406 e. The number of benzene rings is 1. The average molecular weight is 237 g/mol. The molecule has 2 aliphatic rings. The maximum Gasteiger partial charge on any atom is 0.0406 e. The average Bonchev–Trinajstić information content (AvgIpc) is 2.98. The molecule has 0 radical (unpaired) electrons. The third-order valence-electron chi connectivity index (χ3n) is 3.82. The molecule has 1 aliphatic carbocycles. The molecule has 1 aromatic rings. The van der Waals surface area contributed by atoms with E-state index in [9.17, 15) is 0 Å². The van der Waals surface area contributed by atoms with Crippen molar-refractivity contribution < 1.29 is 0 Å². The second kappa shape index (κ2) is 4.02. The summed E-state index contributed by atoms with van der Waals surface area (Å²) in [6.45, 7) is 3.36. The summed E-state index contributed by atoms with van der Waals surface area (Å²) in [4.78, 5) is 0. The normalized spacial score (nSPS) is 22.8. The van der Waals surface area contributed by atoms with Gasteiger partial charge < -0.3 is 10.6 Å². The Balaban J connectivity index is 1.65. The molecule has 86 valence electrons. The number of nitrogens with one attached hydrogen (secondary N) is 2. The fourth-order valence-corrected chi connectivity index (χ4v) is 2.42. The maximum absolute atomic E-state index is 5.92. The van der Waals surface area contributed by atoms with E-state index in [0.717, 1.165) is 24.7 Å². The standard InChI is InChI=1S/C13H17ClN2/c14-11-3-1-10(2-4-11)13(5-6-13)9-16-12-7-15-8-12/h1-4,12,15-16H,5-9H2. The van der Waals surface area contributed by atoms with Crippen molar-refractivity contribution >= 4 is 11.6 Å². The highest BCUT2D eigenvalue weighted by Crippen LogP contribution is 2.47. The molecule has 1 saturated heterocycles. The second-order valence-electron chi connectivity index (χ2n) is 5.02. The molecule has 1 aliphatic heterocycles. The summed E-state index contributed by atoms with van der Waals surface area (Å²) >= 11 is 5.92. The van der Waals surface area contributed by atoms with Crippen LogP contribution in [0.2, 0.25) is 5.02 Å². The number of hydrogen-bond acceptors (Lipinski definition) is 2. The molecule has 0 spiro atoms. The van der Waals surface area contributed by atoms with Crippen LogP contribution in [0.4, 0.5) is 0 Å². The van der Waals surface area contributed by atoms with E-state index in [4.69, 9.17) is 11.6 Å². The zero-order valence-electron chi connectivity index (χ0n) is 9.30. The van der Waals surface area contributed by atoms with E-state index >= 15 is 0 Å². The molecule has 2 nitrogen and oxygen atoms in total. The van der Waals surface area contributed by atoms with Gasteiger partial charge in [0.15, 0.2) is 0 Å². The minimum absolute atomic E-state index is 0.403. The maximum atomic E-state index is 5.92. The fraction of sp³-hybridized carbons (Fsp3) is 0.538. The van der Waals surface area contributed by atoms with Crippen molar-refractivity contribution in [1.29, 1.82) is 0 Å². The highest BCUT2D eigenvalue weighted by Gasteiger charge is 2.44. The van der Waals surface area contributed by atoms with Crippen LogP contribution >= 0.6 is 11.6 Å². The number of hydrogen-bond donors (Lipinski definition) is 2. The van der Waals surface area contributed by atoms with Crippen molar-refractivity contribution in [3.05, 3.63) is 34.9 Å². The Hall–Kier alpha value is -0.570. The van der Waals surface area contributed by atoms with Crippen LogP contribution in [0.3, 0.4) is 0 Å². The summed E-state index contributed by atoms with van der Waals surface area (Å²) in [7, 11) is 0.